The molecule has 1 heterocycles. The maximum atomic E-state index is 11.4. The molecule has 0 saturated heterocycles. The highest BCUT2D eigenvalue weighted by Gasteiger charge is 2.12. The first-order valence-electron chi connectivity index (χ1n) is 5.02. The quantitative estimate of drug-likeness (QED) is 0.496. The van der Waals surface area contributed by atoms with Gasteiger partial charge in [-0.15, -0.1) is 0 Å². The second-order valence-electron chi connectivity index (χ2n) is 4.51. The van der Waals surface area contributed by atoms with Gasteiger partial charge in [0, 0.05) is 11.6 Å². The standard InChI is InChI=1S/C11H14N2O4/c1-11(2,3)12-9(14)6-4-8-5-7-10(17-8)13(15)16/h4-7H,1-3H3,(H,12,14). The monoisotopic (exact) mass is 238 g/mol. The molecule has 0 spiro atoms. The summed E-state index contributed by atoms with van der Waals surface area (Å²) in [5.74, 6) is -0.363. The fourth-order valence-corrected chi connectivity index (χ4v) is 1.10. The summed E-state index contributed by atoms with van der Waals surface area (Å²) in [6.07, 6.45) is 2.65. The van der Waals surface area contributed by atoms with Crippen molar-refractivity contribution in [1.29, 1.82) is 0 Å². The smallest absolute Gasteiger partial charge is 0.401 e. The van der Waals surface area contributed by atoms with Crippen molar-refractivity contribution < 1.29 is 14.1 Å². The van der Waals surface area contributed by atoms with Gasteiger partial charge in [0.2, 0.25) is 5.91 Å². The summed E-state index contributed by atoms with van der Waals surface area (Å²) in [6, 6.07) is 2.67. The summed E-state index contributed by atoms with van der Waals surface area (Å²) in [7, 11) is 0. The fourth-order valence-electron chi connectivity index (χ4n) is 1.10. The predicted octanol–water partition coefficient (Wildman–Crippen LogP) is 2.12. The van der Waals surface area contributed by atoms with Crippen molar-refractivity contribution in [2.24, 2.45) is 0 Å². The molecule has 0 atom stereocenters. The number of nitro groups is 1. The minimum Gasteiger partial charge on any atom is -0.401 e. The molecule has 0 radical (unpaired) electrons. The molecular weight excluding hydrogens is 224 g/mol. The molecule has 1 N–H and O–H groups in total. The lowest BCUT2D eigenvalue weighted by Gasteiger charge is -2.18. The van der Waals surface area contributed by atoms with E-state index in [2.05, 4.69) is 5.32 Å². The van der Waals surface area contributed by atoms with Gasteiger partial charge >= 0.3 is 5.88 Å². The van der Waals surface area contributed by atoms with Crippen LogP contribution in [0.1, 0.15) is 26.5 Å². The third kappa shape index (κ3) is 4.50. The lowest BCUT2D eigenvalue weighted by molar-refractivity contribution is -0.402. The largest absolute Gasteiger partial charge is 0.433 e. The van der Waals surface area contributed by atoms with E-state index in [0.29, 0.717) is 0 Å². The van der Waals surface area contributed by atoms with Crippen molar-refractivity contribution in [2.45, 2.75) is 26.3 Å². The van der Waals surface area contributed by atoms with E-state index in [9.17, 15) is 14.9 Å². The molecule has 92 valence electrons. The molecule has 1 rings (SSSR count). The lowest BCUT2D eigenvalue weighted by Crippen LogP contribution is -2.39. The van der Waals surface area contributed by atoms with E-state index >= 15 is 0 Å². The zero-order chi connectivity index (χ0) is 13.1. The second-order valence-corrected chi connectivity index (χ2v) is 4.51. The molecule has 1 amide bonds. The highest BCUT2D eigenvalue weighted by molar-refractivity contribution is 5.91. The fraction of sp³-hybridized carbons (Fsp3) is 0.364. The van der Waals surface area contributed by atoms with Crippen LogP contribution < -0.4 is 5.32 Å². The Morgan fingerprint density at radius 3 is 2.59 bits per heavy atom. The zero-order valence-electron chi connectivity index (χ0n) is 9.89. The third-order valence-corrected chi connectivity index (χ3v) is 1.69. The molecule has 0 aliphatic carbocycles. The van der Waals surface area contributed by atoms with Gasteiger partial charge in [-0.25, -0.2) is 0 Å². The van der Waals surface area contributed by atoms with Crippen molar-refractivity contribution in [3.05, 3.63) is 34.1 Å². The van der Waals surface area contributed by atoms with Gasteiger partial charge in [-0.1, -0.05) is 0 Å². The van der Waals surface area contributed by atoms with Gasteiger partial charge < -0.3 is 9.73 Å². The number of hydrogen-bond acceptors (Lipinski definition) is 4. The minimum atomic E-state index is -0.632. The van der Waals surface area contributed by atoms with Crippen LogP contribution in [0.3, 0.4) is 0 Å². The Morgan fingerprint density at radius 1 is 1.47 bits per heavy atom. The minimum absolute atomic E-state index is 0.265. The Bertz CT molecular complexity index is 454. The Hall–Kier alpha value is -2.11. The van der Waals surface area contributed by atoms with Crippen LogP contribution in [0.15, 0.2) is 22.6 Å². The summed E-state index contributed by atoms with van der Waals surface area (Å²) < 4.78 is 4.86. The van der Waals surface area contributed by atoms with E-state index in [1.54, 1.807) is 0 Å². The Labute approximate surface area is 98.5 Å². The molecule has 0 bridgehead atoms. The van der Waals surface area contributed by atoms with Gasteiger partial charge in [0.15, 0.2) is 0 Å². The molecule has 1 aromatic heterocycles. The van der Waals surface area contributed by atoms with Gasteiger partial charge in [0.1, 0.15) is 10.7 Å². The van der Waals surface area contributed by atoms with E-state index < -0.39 is 4.92 Å². The number of nitrogens with one attached hydrogen (secondary N) is 1. The molecule has 6 heteroatoms. The van der Waals surface area contributed by atoms with E-state index in [1.807, 2.05) is 20.8 Å². The lowest BCUT2D eigenvalue weighted by atomic mass is 10.1. The maximum absolute atomic E-state index is 11.4. The van der Waals surface area contributed by atoms with Crippen LogP contribution in [-0.2, 0) is 4.79 Å². The number of carbonyl (C=O) groups excluding carboxylic acids is 1. The van der Waals surface area contributed by atoms with Gasteiger partial charge in [-0.3, -0.25) is 14.9 Å². The predicted molar refractivity (Wildman–Crippen MR) is 62.3 cm³/mol. The normalized spacial score (nSPS) is 11.7. The van der Waals surface area contributed by atoms with Crippen molar-refractivity contribution in [2.75, 3.05) is 0 Å². The van der Waals surface area contributed by atoms with E-state index in [0.717, 1.165) is 0 Å². The SMILES string of the molecule is CC(C)(C)NC(=O)C=Cc1ccc([N+](=O)[O-])o1. The summed E-state index contributed by atoms with van der Waals surface area (Å²) in [6.45, 7) is 5.57. The van der Waals surface area contributed by atoms with Crippen LogP contribution in [0.5, 0.6) is 0 Å². The molecule has 0 fully saturated rings. The zero-order valence-corrected chi connectivity index (χ0v) is 9.89. The van der Waals surface area contributed by atoms with Gasteiger partial charge in [-0.2, -0.15) is 0 Å². The average molecular weight is 238 g/mol. The topological polar surface area (TPSA) is 85.4 Å². The van der Waals surface area contributed by atoms with Gasteiger partial charge in [0.05, 0.1) is 6.07 Å². The van der Waals surface area contributed by atoms with Crippen LogP contribution in [0.2, 0.25) is 0 Å². The number of rotatable bonds is 3. The molecule has 0 unspecified atom stereocenters. The average Bonchev–Trinajstić information content (AvgIpc) is 2.60. The Morgan fingerprint density at radius 2 is 2.12 bits per heavy atom. The first kappa shape index (κ1) is 13.0. The second kappa shape index (κ2) is 4.82. The van der Waals surface area contributed by atoms with Crippen LogP contribution in [0.4, 0.5) is 5.88 Å². The van der Waals surface area contributed by atoms with E-state index in [1.165, 1.54) is 24.3 Å². The molecular formula is C11H14N2O4. The van der Waals surface area contributed by atoms with Crippen LogP contribution in [0.25, 0.3) is 6.08 Å². The highest BCUT2D eigenvalue weighted by Crippen LogP contribution is 2.16. The number of nitrogens with zero attached hydrogens (tertiary/aromatic N) is 1. The number of amides is 1. The summed E-state index contributed by atoms with van der Waals surface area (Å²) in [5, 5.41) is 13.1. The van der Waals surface area contributed by atoms with Gasteiger partial charge in [0.25, 0.3) is 0 Å². The molecule has 0 aromatic carbocycles. The van der Waals surface area contributed by atoms with Crippen molar-refractivity contribution >= 4 is 17.9 Å². The molecule has 1 aromatic rings. The number of hydrogen-bond donors (Lipinski definition) is 1. The first-order chi connectivity index (χ1) is 7.78. The van der Waals surface area contributed by atoms with Crippen molar-refractivity contribution in [1.82, 2.24) is 5.32 Å². The molecule has 0 aliphatic heterocycles. The maximum Gasteiger partial charge on any atom is 0.433 e. The molecule has 17 heavy (non-hydrogen) atoms. The van der Waals surface area contributed by atoms with Crippen molar-refractivity contribution in [3.63, 3.8) is 0 Å². The number of furan rings is 1. The van der Waals surface area contributed by atoms with E-state index in [4.69, 9.17) is 4.42 Å². The molecule has 6 nitrogen and oxygen atoms in total. The van der Waals surface area contributed by atoms with Crippen LogP contribution in [-0.4, -0.2) is 16.4 Å². The third-order valence-electron chi connectivity index (χ3n) is 1.69. The summed E-state index contributed by atoms with van der Waals surface area (Å²) in [5.41, 5.74) is -0.323. The van der Waals surface area contributed by atoms with Crippen LogP contribution in [0, 0.1) is 10.1 Å². The summed E-state index contributed by atoms with van der Waals surface area (Å²) in [4.78, 5) is 21.1. The summed E-state index contributed by atoms with van der Waals surface area (Å²) >= 11 is 0. The highest BCUT2D eigenvalue weighted by atomic mass is 16.6. The van der Waals surface area contributed by atoms with Crippen LogP contribution >= 0.6 is 0 Å². The Balaban J connectivity index is 2.64. The molecule has 0 saturated carbocycles. The molecule has 0 aliphatic rings. The Kier molecular flexibility index (Phi) is 3.67. The number of carbonyl (C=O) groups is 1. The van der Waals surface area contributed by atoms with E-state index in [-0.39, 0.29) is 23.1 Å². The first-order valence-corrected chi connectivity index (χ1v) is 5.02. The van der Waals surface area contributed by atoms with Crippen molar-refractivity contribution in [3.8, 4) is 0 Å². The van der Waals surface area contributed by atoms with Gasteiger partial charge in [-0.05, 0) is 32.9 Å².